The minimum Gasteiger partial charge on any atom is -0.325 e. The van der Waals surface area contributed by atoms with Crippen molar-refractivity contribution in [3.05, 3.63) is 38.3 Å². The third-order valence-corrected chi connectivity index (χ3v) is 4.58. The molecule has 0 radical (unpaired) electrons. The maximum absolute atomic E-state index is 5.66. The van der Waals surface area contributed by atoms with E-state index < -0.39 is 0 Å². The Hall–Kier alpha value is -0.710. The van der Waals surface area contributed by atoms with Crippen molar-refractivity contribution in [3.8, 4) is 10.6 Å². The third kappa shape index (κ3) is 2.44. The van der Waals surface area contributed by atoms with Crippen molar-refractivity contribution >= 4 is 27.3 Å². The predicted molar refractivity (Wildman–Crippen MR) is 77.4 cm³/mol. The highest BCUT2D eigenvalue weighted by Crippen LogP contribution is 2.35. The monoisotopic (exact) mass is 310 g/mol. The molecule has 1 aromatic carbocycles. The average molecular weight is 311 g/mol. The first-order chi connectivity index (χ1) is 8.02. The molecule has 1 aromatic heterocycles. The van der Waals surface area contributed by atoms with E-state index in [4.69, 9.17) is 5.73 Å². The van der Waals surface area contributed by atoms with Gasteiger partial charge in [-0.15, -0.1) is 11.3 Å². The fraction of sp³-hybridized carbons (Fsp3) is 0.308. The first-order valence-corrected chi connectivity index (χ1v) is 7.07. The summed E-state index contributed by atoms with van der Waals surface area (Å²) in [6, 6.07) is 4.39. The van der Waals surface area contributed by atoms with E-state index in [1.807, 2.05) is 0 Å². The number of nitrogens with zero attached hydrogens (tertiary/aromatic N) is 1. The molecule has 0 amide bonds. The van der Waals surface area contributed by atoms with Gasteiger partial charge in [-0.3, -0.25) is 0 Å². The van der Waals surface area contributed by atoms with Crippen molar-refractivity contribution in [2.75, 3.05) is 0 Å². The van der Waals surface area contributed by atoms with E-state index in [0.29, 0.717) is 6.54 Å². The van der Waals surface area contributed by atoms with E-state index in [0.717, 1.165) is 14.5 Å². The second kappa shape index (κ2) is 4.88. The van der Waals surface area contributed by atoms with E-state index >= 15 is 0 Å². The van der Waals surface area contributed by atoms with Crippen LogP contribution in [0.1, 0.15) is 22.4 Å². The highest BCUT2D eigenvalue weighted by Gasteiger charge is 2.13. The van der Waals surface area contributed by atoms with Crippen LogP contribution in [-0.4, -0.2) is 4.98 Å². The number of aromatic nitrogens is 1. The van der Waals surface area contributed by atoms with Crippen LogP contribution in [0.4, 0.5) is 0 Å². The van der Waals surface area contributed by atoms with Crippen molar-refractivity contribution in [2.45, 2.75) is 27.3 Å². The smallest absolute Gasteiger partial charge is 0.125 e. The standard InChI is InChI=1S/C13H15BrN2S/c1-7-4-8(2)11(9(3)5-7)13-16-10(6-15)12(14)17-13/h4-5H,6,15H2,1-3H3. The van der Waals surface area contributed by atoms with Gasteiger partial charge in [0, 0.05) is 12.1 Å². The van der Waals surface area contributed by atoms with E-state index in [2.05, 4.69) is 53.8 Å². The lowest BCUT2D eigenvalue weighted by molar-refractivity contribution is 1.01. The highest BCUT2D eigenvalue weighted by atomic mass is 79.9. The number of nitrogens with two attached hydrogens (primary N) is 1. The van der Waals surface area contributed by atoms with Gasteiger partial charge in [0.25, 0.3) is 0 Å². The van der Waals surface area contributed by atoms with Gasteiger partial charge in [0.2, 0.25) is 0 Å². The summed E-state index contributed by atoms with van der Waals surface area (Å²) in [7, 11) is 0. The summed E-state index contributed by atoms with van der Waals surface area (Å²) < 4.78 is 1.04. The van der Waals surface area contributed by atoms with Crippen LogP contribution in [0.3, 0.4) is 0 Å². The first-order valence-electron chi connectivity index (χ1n) is 5.46. The Labute approximate surface area is 114 Å². The molecule has 0 aliphatic heterocycles. The summed E-state index contributed by atoms with van der Waals surface area (Å²) in [6.45, 7) is 6.85. The van der Waals surface area contributed by atoms with E-state index in [-0.39, 0.29) is 0 Å². The minimum atomic E-state index is 0.473. The van der Waals surface area contributed by atoms with Crippen molar-refractivity contribution in [1.82, 2.24) is 4.98 Å². The summed E-state index contributed by atoms with van der Waals surface area (Å²) in [6.07, 6.45) is 0. The number of aryl methyl sites for hydroxylation is 3. The van der Waals surface area contributed by atoms with Crippen molar-refractivity contribution in [1.29, 1.82) is 0 Å². The second-order valence-corrected chi connectivity index (χ2v) is 6.53. The molecule has 17 heavy (non-hydrogen) atoms. The van der Waals surface area contributed by atoms with Crippen LogP contribution in [-0.2, 0) is 6.54 Å². The molecule has 0 aliphatic carbocycles. The Morgan fingerprint density at radius 1 is 1.24 bits per heavy atom. The molecule has 1 heterocycles. The predicted octanol–water partition coefficient (Wildman–Crippen LogP) is 3.96. The summed E-state index contributed by atoms with van der Waals surface area (Å²) >= 11 is 5.17. The maximum atomic E-state index is 5.66. The Balaban J connectivity index is 2.60. The number of halogens is 1. The summed E-state index contributed by atoms with van der Waals surface area (Å²) in [5.74, 6) is 0. The molecular weight excluding hydrogens is 296 g/mol. The summed E-state index contributed by atoms with van der Waals surface area (Å²) in [5, 5.41) is 1.05. The molecule has 0 atom stereocenters. The molecular formula is C13H15BrN2S. The van der Waals surface area contributed by atoms with Gasteiger partial charge in [0.1, 0.15) is 5.01 Å². The van der Waals surface area contributed by atoms with Gasteiger partial charge in [0.05, 0.1) is 9.48 Å². The number of hydrogen-bond acceptors (Lipinski definition) is 3. The Morgan fingerprint density at radius 2 is 1.82 bits per heavy atom. The lowest BCUT2D eigenvalue weighted by Crippen LogP contribution is -1.97. The third-order valence-electron chi connectivity index (χ3n) is 2.73. The van der Waals surface area contributed by atoms with Crippen LogP contribution in [0.15, 0.2) is 15.9 Å². The zero-order valence-electron chi connectivity index (χ0n) is 10.2. The molecule has 2 nitrogen and oxygen atoms in total. The fourth-order valence-electron chi connectivity index (χ4n) is 2.08. The Morgan fingerprint density at radius 3 is 2.29 bits per heavy atom. The van der Waals surface area contributed by atoms with Crippen molar-refractivity contribution in [3.63, 3.8) is 0 Å². The molecule has 0 aliphatic rings. The average Bonchev–Trinajstić information content (AvgIpc) is 2.57. The van der Waals surface area contributed by atoms with Gasteiger partial charge < -0.3 is 5.73 Å². The summed E-state index contributed by atoms with van der Waals surface area (Å²) in [4.78, 5) is 4.60. The molecule has 90 valence electrons. The molecule has 0 saturated heterocycles. The van der Waals surface area contributed by atoms with Crippen molar-refractivity contribution in [2.24, 2.45) is 5.73 Å². The zero-order valence-corrected chi connectivity index (χ0v) is 12.6. The van der Waals surface area contributed by atoms with Gasteiger partial charge in [-0.05, 0) is 47.8 Å². The second-order valence-electron chi connectivity index (χ2n) is 4.22. The number of thiazole rings is 1. The zero-order chi connectivity index (χ0) is 12.6. The molecule has 0 spiro atoms. The minimum absolute atomic E-state index is 0.473. The molecule has 0 fully saturated rings. The quantitative estimate of drug-likeness (QED) is 0.912. The fourth-order valence-corrected chi connectivity index (χ4v) is 3.79. The molecule has 0 bridgehead atoms. The Kier molecular flexibility index (Phi) is 3.66. The van der Waals surface area contributed by atoms with Gasteiger partial charge in [-0.2, -0.15) is 0 Å². The topological polar surface area (TPSA) is 38.9 Å². The van der Waals surface area contributed by atoms with E-state index in [1.165, 1.54) is 22.3 Å². The lowest BCUT2D eigenvalue weighted by Gasteiger charge is -2.08. The van der Waals surface area contributed by atoms with Crippen LogP contribution >= 0.6 is 27.3 Å². The van der Waals surface area contributed by atoms with Crippen LogP contribution in [0.25, 0.3) is 10.6 Å². The maximum Gasteiger partial charge on any atom is 0.125 e. The van der Waals surface area contributed by atoms with Gasteiger partial charge >= 0.3 is 0 Å². The number of benzene rings is 1. The molecule has 2 rings (SSSR count). The summed E-state index contributed by atoms with van der Waals surface area (Å²) in [5.41, 5.74) is 11.7. The van der Waals surface area contributed by atoms with Crippen LogP contribution in [0, 0.1) is 20.8 Å². The first kappa shape index (κ1) is 12.7. The largest absolute Gasteiger partial charge is 0.325 e. The van der Waals surface area contributed by atoms with Crippen LogP contribution < -0.4 is 5.73 Å². The number of hydrogen-bond donors (Lipinski definition) is 1. The molecule has 4 heteroatoms. The normalized spacial score (nSPS) is 10.9. The van der Waals surface area contributed by atoms with E-state index in [1.54, 1.807) is 11.3 Å². The molecule has 0 saturated carbocycles. The SMILES string of the molecule is Cc1cc(C)c(-c2nc(CN)c(Br)s2)c(C)c1. The van der Waals surface area contributed by atoms with Gasteiger partial charge in [-0.25, -0.2) is 4.98 Å². The highest BCUT2D eigenvalue weighted by molar-refractivity contribution is 9.11. The Bertz CT molecular complexity index is 538. The van der Waals surface area contributed by atoms with Gasteiger partial charge in [-0.1, -0.05) is 17.7 Å². The van der Waals surface area contributed by atoms with Gasteiger partial charge in [0.15, 0.2) is 0 Å². The number of rotatable bonds is 2. The molecule has 0 unspecified atom stereocenters. The van der Waals surface area contributed by atoms with Crippen molar-refractivity contribution < 1.29 is 0 Å². The molecule has 2 N–H and O–H groups in total. The van der Waals surface area contributed by atoms with Crippen LogP contribution in [0.2, 0.25) is 0 Å². The lowest BCUT2D eigenvalue weighted by atomic mass is 10.0. The molecule has 2 aromatic rings. The van der Waals surface area contributed by atoms with Crippen LogP contribution in [0.5, 0.6) is 0 Å². The van der Waals surface area contributed by atoms with E-state index in [9.17, 15) is 0 Å².